The second kappa shape index (κ2) is 6.61. The van der Waals surface area contributed by atoms with E-state index in [1.165, 1.54) is 4.57 Å². The van der Waals surface area contributed by atoms with E-state index in [1.54, 1.807) is 31.2 Å². The molecule has 1 aromatic heterocycles. The largest absolute Gasteiger partial charge is 0.351 e. The van der Waals surface area contributed by atoms with Crippen molar-refractivity contribution in [2.45, 2.75) is 30.8 Å². The van der Waals surface area contributed by atoms with E-state index < -0.39 is 17.2 Å². The van der Waals surface area contributed by atoms with Gasteiger partial charge < -0.3 is 5.73 Å². The second-order valence-corrected chi connectivity index (χ2v) is 5.88. The smallest absolute Gasteiger partial charge is 0.318 e. The molecule has 8 heteroatoms. The Hall–Kier alpha value is -2.35. The van der Waals surface area contributed by atoms with Crippen molar-refractivity contribution in [1.29, 1.82) is 0 Å². The average molecular weight is 320 g/mol. The quantitative estimate of drug-likeness (QED) is 0.648. The molecule has 0 aliphatic carbocycles. The summed E-state index contributed by atoms with van der Waals surface area (Å²) in [5.74, 6) is -0.525. The zero-order valence-electron chi connectivity index (χ0n) is 12.2. The lowest BCUT2D eigenvalue weighted by Crippen LogP contribution is -2.39. The third kappa shape index (κ3) is 3.28. The van der Waals surface area contributed by atoms with Crippen molar-refractivity contribution >= 4 is 34.6 Å². The molecule has 22 heavy (non-hydrogen) atoms. The number of para-hydroxylation sites is 1. The molecule has 116 valence electrons. The maximum atomic E-state index is 12.4. The number of aromatic nitrogens is 2. The molecule has 3 amide bonds. The van der Waals surface area contributed by atoms with Gasteiger partial charge in [-0.15, -0.1) is 0 Å². The molecule has 1 aromatic carbocycles. The lowest BCUT2D eigenvalue weighted by molar-refractivity contribution is -0.119. The molecule has 1 atom stereocenters. The zero-order chi connectivity index (χ0) is 16.3. The fraction of sp³-hybridized carbons (Fsp3) is 0.286. The van der Waals surface area contributed by atoms with Crippen LogP contribution in [0.2, 0.25) is 0 Å². The molecule has 3 N–H and O–H groups in total. The van der Waals surface area contributed by atoms with Gasteiger partial charge in [0.25, 0.3) is 5.56 Å². The van der Waals surface area contributed by atoms with E-state index in [0.717, 1.165) is 11.8 Å². The SMILES string of the molecule is CCn1c(S[C@H](C)C(=O)NC(N)=O)nc2ccccc2c1=O. The summed E-state index contributed by atoms with van der Waals surface area (Å²) in [7, 11) is 0. The Bertz CT molecular complexity index is 787. The summed E-state index contributed by atoms with van der Waals surface area (Å²) in [6.07, 6.45) is 0. The van der Waals surface area contributed by atoms with Gasteiger partial charge in [-0.3, -0.25) is 19.5 Å². The number of nitrogens with zero attached hydrogens (tertiary/aromatic N) is 2. The Labute approximate surface area is 130 Å². The van der Waals surface area contributed by atoms with Crippen LogP contribution in [-0.2, 0) is 11.3 Å². The van der Waals surface area contributed by atoms with Crippen molar-refractivity contribution in [2.24, 2.45) is 5.73 Å². The number of hydrogen-bond acceptors (Lipinski definition) is 5. The number of amides is 3. The first-order valence-corrected chi connectivity index (χ1v) is 7.58. The van der Waals surface area contributed by atoms with Crippen LogP contribution in [0.5, 0.6) is 0 Å². The first kappa shape index (κ1) is 16.0. The molecule has 0 saturated carbocycles. The summed E-state index contributed by atoms with van der Waals surface area (Å²) < 4.78 is 1.50. The molecule has 0 saturated heterocycles. The van der Waals surface area contributed by atoms with Crippen molar-refractivity contribution in [3.05, 3.63) is 34.6 Å². The van der Waals surface area contributed by atoms with Gasteiger partial charge in [0, 0.05) is 6.54 Å². The van der Waals surface area contributed by atoms with Crippen molar-refractivity contribution in [3.63, 3.8) is 0 Å². The van der Waals surface area contributed by atoms with Crippen LogP contribution in [0.15, 0.2) is 34.2 Å². The molecule has 0 unspecified atom stereocenters. The number of urea groups is 1. The van der Waals surface area contributed by atoms with Crippen LogP contribution in [0, 0.1) is 0 Å². The molecule has 1 heterocycles. The first-order chi connectivity index (χ1) is 10.4. The second-order valence-electron chi connectivity index (χ2n) is 4.57. The molecule has 2 rings (SSSR count). The highest BCUT2D eigenvalue weighted by Gasteiger charge is 2.19. The third-order valence-electron chi connectivity index (χ3n) is 3.04. The lowest BCUT2D eigenvalue weighted by Gasteiger charge is -2.14. The van der Waals surface area contributed by atoms with Crippen molar-refractivity contribution in [1.82, 2.24) is 14.9 Å². The molecule has 0 fully saturated rings. The lowest BCUT2D eigenvalue weighted by atomic mass is 10.2. The molecule has 7 nitrogen and oxygen atoms in total. The van der Waals surface area contributed by atoms with E-state index in [2.05, 4.69) is 4.98 Å². The first-order valence-electron chi connectivity index (χ1n) is 6.70. The van der Waals surface area contributed by atoms with Crippen LogP contribution in [0.1, 0.15) is 13.8 Å². The van der Waals surface area contributed by atoms with E-state index in [0.29, 0.717) is 22.6 Å². The van der Waals surface area contributed by atoms with E-state index in [9.17, 15) is 14.4 Å². The fourth-order valence-corrected chi connectivity index (χ4v) is 2.92. The van der Waals surface area contributed by atoms with Crippen molar-refractivity contribution < 1.29 is 9.59 Å². The van der Waals surface area contributed by atoms with Crippen LogP contribution in [0.4, 0.5) is 4.79 Å². The Morgan fingerprint density at radius 3 is 2.73 bits per heavy atom. The maximum absolute atomic E-state index is 12.4. The Kier molecular flexibility index (Phi) is 4.81. The minimum atomic E-state index is -0.906. The minimum absolute atomic E-state index is 0.155. The summed E-state index contributed by atoms with van der Waals surface area (Å²) in [5, 5.41) is 2.36. The molecule has 2 aromatic rings. The summed E-state index contributed by atoms with van der Waals surface area (Å²) in [6, 6.07) is 6.13. The average Bonchev–Trinajstić information content (AvgIpc) is 2.47. The van der Waals surface area contributed by atoms with Crippen LogP contribution in [-0.4, -0.2) is 26.7 Å². The standard InChI is InChI=1S/C14H16N4O3S/c1-3-18-12(20)9-6-4-5-7-10(9)16-14(18)22-8(2)11(19)17-13(15)21/h4-8H,3H2,1-2H3,(H3,15,17,19,21)/t8-/m1/s1. The van der Waals surface area contributed by atoms with E-state index in [-0.39, 0.29) is 5.56 Å². The predicted molar refractivity (Wildman–Crippen MR) is 84.7 cm³/mol. The summed E-state index contributed by atoms with van der Waals surface area (Å²) in [4.78, 5) is 39.4. The number of fused-ring (bicyclic) bond motifs is 1. The number of carbonyl (C=O) groups excluding carboxylic acids is 2. The van der Waals surface area contributed by atoms with Crippen LogP contribution in [0.3, 0.4) is 0 Å². The highest BCUT2D eigenvalue weighted by Crippen LogP contribution is 2.22. The van der Waals surface area contributed by atoms with E-state index in [1.807, 2.05) is 12.2 Å². The Morgan fingerprint density at radius 1 is 1.41 bits per heavy atom. The molecule has 0 aliphatic rings. The molecule has 0 bridgehead atoms. The number of hydrogen-bond donors (Lipinski definition) is 2. The Morgan fingerprint density at radius 2 is 2.09 bits per heavy atom. The van der Waals surface area contributed by atoms with Crippen LogP contribution < -0.4 is 16.6 Å². The van der Waals surface area contributed by atoms with Crippen molar-refractivity contribution in [3.8, 4) is 0 Å². The Balaban J connectivity index is 2.40. The number of imide groups is 1. The zero-order valence-corrected chi connectivity index (χ0v) is 13.0. The number of carbonyl (C=O) groups is 2. The topological polar surface area (TPSA) is 107 Å². The highest BCUT2D eigenvalue weighted by atomic mass is 32.2. The predicted octanol–water partition coefficient (Wildman–Crippen LogP) is 1.09. The molecule has 0 spiro atoms. The van der Waals surface area contributed by atoms with Gasteiger partial charge in [0.15, 0.2) is 5.16 Å². The number of nitrogens with one attached hydrogen (secondary N) is 1. The van der Waals surface area contributed by atoms with E-state index in [4.69, 9.17) is 5.73 Å². The van der Waals surface area contributed by atoms with Gasteiger partial charge in [-0.25, -0.2) is 9.78 Å². The number of primary amides is 1. The molecule has 0 radical (unpaired) electrons. The van der Waals surface area contributed by atoms with Gasteiger partial charge in [0.1, 0.15) is 0 Å². The summed E-state index contributed by atoms with van der Waals surface area (Å²) >= 11 is 1.11. The number of rotatable bonds is 4. The minimum Gasteiger partial charge on any atom is -0.351 e. The van der Waals surface area contributed by atoms with Gasteiger partial charge in [-0.05, 0) is 26.0 Å². The monoisotopic (exact) mass is 320 g/mol. The van der Waals surface area contributed by atoms with Crippen LogP contribution >= 0.6 is 11.8 Å². The van der Waals surface area contributed by atoms with Gasteiger partial charge >= 0.3 is 6.03 Å². The fourth-order valence-electron chi connectivity index (χ4n) is 1.95. The summed E-state index contributed by atoms with van der Waals surface area (Å²) in [6.45, 7) is 3.88. The van der Waals surface area contributed by atoms with Gasteiger partial charge in [-0.2, -0.15) is 0 Å². The number of nitrogens with two attached hydrogens (primary N) is 1. The molecular weight excluding hydrogens is 304 g/mol. The summed E-state index contributed by atoms with van der Waals surface area (Å²) in [5.41, 5.74) is 5.35. The van der Waals surface area contributed by atoms with Gasteiger partial charge in [-0.1, -0.05) is 23.9 Å². The van der Waals surface area contributed by atoms with Gasteiger partial charge in [0.05, 0.1) is 16.2 Å². The normalized spacial score (nSPS) is 12.1. The maximum Gasteiger partial charge on any atom is 0.318 e. The molecule has 0 aliphatic heterocycles. The third-order valence-corrected chi connectivity index (χ3v) is 4.13. The van der Waals surface area contributed by atoms with E-state index >= 15 is 0 Å². The van der Waals surface area contributed by atoms with Gasteiger partial charge in [0.2, 0.25) is 5.91 Å². The number of thioether (sulfide) groups is 1. The van der Waals surface area contributed by atoms with Crippen LogP contribution in [0.25, 0.3) is 10.9 Å². The molecular formula is C14H16N4O3S. The number of benzene rings is 1. The van der Waals surface area contributed by atoms with Crippen molar-refractivity contribution in [2.75, 3.05) is 0 Å². The highest BCUT2D eigenvalue weighted by molar-refractivity contribution is 8.00.